The van der Waals surface area contributed by atoms with Gasteiger partial charge in [0, 0.05) is 55.6 Å². The van der Waals surface area contributed by atoms with E-state index in [9.17, 15) is 10.1 Å². The first-order chi connectivity index (χ1) is 24.8. The molecular formula is C37H53ClN10O4. The molecule has 3 aromatic heterocycles. The third-order valence-electron chi connectivity index (χ3n) is 9.48. The van der Waals surface area contributed by atoms with E-state index in [1.165, 1.54) is 4.80 Å². The molecule has 52 heavy (non-hydrogen) atoms. The molecule has 0 unspecified atom stereocenters. The number of ether oxygens (including phenoxy) is 3. The van der Waals surface area contributed by atoms with E-state index in [4.69, 9.17) is 30.8 Å². The van der Waals surface area contributed by atoms with E-state index in [-0.39, 0.29) is 24.5 Å². The van der Waals surface area contributed by atoms with Crippen molar-refractivity contribution in [2.24, 2.45) is 16.7 Å². The smallest absolute Gasteiger partial charge is 0.313 e. The van der Waals surface area contributed by atoms with Gasteiger partial charge >= 0.3 is 5.97 Å². The van der Waals surface area contributed by atoms with Gasteiger partial charge in [0.1, 0.15) is 18.2 Å². The number of hydrogen-bond donors (Lipinski definition) is 3. The van der Waals surface area contributed by atoms with Crippen LogP contribution in [-0.2, 0) is 25.6 Å². The van der Waals surface area contributed by atoms with Crippen molar-refractivity contribution < 1.29 is 19.0 Å². The molecule has 0 aromatic carbocycles. The van der Waals surface area contributed by atoms with E-state index in [0.29, 0.717) is 68.0 Å². The van der Waals surface area contributed by atoms with Crippen LogP contribution in [0.4, 0.5) is 11.6 Å². The zero-order chi connectivity index (χ0) is 37.3. The summed E-state index contributed by atoms with van der Waals surface area (Å²) in [5.74, 6) is 1.56. The van der Waals surface area contributed by atoms with E-state index >= 15 is 0 Å². The minimum Gasteiger partial charge on any atom is -0.437 e. The maximum atomic E-state index is 12.5. The number of nitriles is 1. The van der Waals surface area contributed by atoms with Crippen molar-refractivity contribution >= 4 is 29.2 Å². The number of hydrogen-bond acceptors (Lipinski definition) is 13. The van der Waals surface area contributed by atoms with Gasteiger partial charge in [0.15, 0.2) is 0 Å². The van der Waals surface area contributed by atoms with Crippen molar-refractivity contribution in [3.8, 4) is 17.3 Å². The lowest BCUT2D eigenvalue weighted by atomic mass is 9.82. The summed E-state index contributed by atoms with van der Waals surface area (Å²) in [6, 6.07) is 11.0. The van der Waals surface area contributed by atoms with Gasteiger partial charge in [0.2, 0.25) is 12.1 Å². The molecule has 15 heteroatoms. The van der Waals surface area contributed by atoms with Crippen LogP contribution in [0.1, 0.15) is 92.1 Å². The van der Waals surface area contributed by atoms with Crippen molar-refractivity contribution in [3.05, 3.63) is 41.3 Å². The monoisotopic (exact) mass is 736 g/mol. The number of carbonyl (C=O) groups excluding carboxylic acids is 1. The summed E-state index contributed by atoms with van der Waals surface area (Å²) in [5, 5.41) is 33.7. The van der Waals surface area contributed by atoms with Gasteiger partial charge in [0.05, 0.1) is 34.2 Å². The molecule has 5 rings (SSSR count). The largest absolute Gasteiger partial charge is 0.437 e. The van der Waals surface area contributed by atoms with Crippen LogP contribution in [0, 0.1) is 28.1 Å². The van der Waals surface area contributed by atoms with E-state index in [2.05, 4.69) is 49.3 Å². The number of pyridine rings is 2. The normalized spacial score (nSPS) is 20.1. The van der Waals surface area contributed by atoms with Gasteiger partial charge in [-0.25, -0.2) is 9.97 Å². The van der Waals surface area contributed by atoms with Crippen LogP contribution >= 0.6 is 11.6 Å². The lowest BCUT2D eigenvalue weighted by molar-refractivity contribution is -0.169. The fourth-order valence-corrected chi connectivity index (χ4v) is 6.50. The van der Waals surface area contributed by atoms with Crippen molar-refractivity contribution in [3.63, 3.8) is 0 Å². The molecule has 0 radical (unpaired) electrons. The summed E-state index contributed by atoms with van der Waals surface area (Å²) >= 11 is 6.61. The number of carbonyl (C=O) groups is 1. The van der Waals surface area contributed by atoms with Gasteiger partial charge in [0.25, 0.3) is 0 Å². The Balaban J connectivity index is 1.05. The minimum absolute atomic E-state index is 0.0282. The first-order valence-electron chi connectivity index (χ1n) is 18.3. The Kier molecular flexibility index (Phi) is 13.4. The van der Waals surface area contributed by atoms with Gasteiger partial charge in [-0.1, -0.05) is 31.5 Å². The molecule has 1 aliphatic carbocycles. The van der Waals surface area contributed by atoms with Crippen molar-refractivity contribution in [1.29, 1.82) is 5.26 Å². The lowest BCUT2D eigenvalue weighted by Gasteiger charge is -2.32. The molecule has 1 saturated carbocycles. The molecule has 3 N–H and O–H groups in total. The Labute approximate surface area is 311 Å². The number of esters is 1. The molecule has 2 fully saturated rings. The maximum absolute atomic E-state index is 12.5. The first-order valence-corrected chi connectivity index (χ1v) is 18.7. The molecular weight excluding hydrogens is 684 g/mol. The van der Waals surface area contributed by atoms with Gasteiger partial charge < -0.3 is 30.2 Å². The van der Waals surface area contributed by atoms with Crippen LogP contribution in [0.25, 0.3) is 11.3 Å². The Bertz CT molecular complexity index is 1660. The number of halogens is 1. The number of nitrogens with zero attached hydrogens (tertiary/aromatic N) is 7. The first kappa shape index (κ1) is 39.3. The van der Waals surface area contributed by atoms with Crippen molar-refractivity contribution in [2.75, 3.05) is 37.0 Å². The Morgan fingerprint density at radius 1 is 1.13 bits per heavy atom. The highest BCUT2D eigenvalue weighted by molar-refractivity contribution is 6.33. The van der Waals surface area contributed by atoms with Crippen molar-refractivity contribution in [2.45, 2.75) is 111 Å². The zero-order valence-corrected chi connectivity index (χ0v) is 31.9. The van der Waals surface area contributed by atoms with Gasteiger partial charge in [-0.15, -0.1) is 15.0 Å². The molecule has 1 saturated heterocycles. The topological polar surface area (TPSA) is 174 Å². The molecule has 0 bridgehead atoms. The number of aromatic nitrogens is 6. The average Bonchev–Trinajstić information content (AvgIpc) is 3.59. The molecule has 0 spiro atoms. The summed E-state index contributed by atoms with van der Waals surface area (Å²) < 4.78 is 17.1. The maximum Gasteiger partial charge on any atom is 0.313 e. The summed E-state index contributed by atoms with van der Waals surface area (Å²) in [4.78, 5) is 23.2. The van der Waals surface area contributed by atoms with Crippen LogP contribution in [0.3, 0.4) is 0 Å². The molecule has 3 aromatic rings. The third-order valence-corrected chi connectivity index (χ3v) is 9.78. The van der Waals surface area contributed by atoms with Gasteiger partial charge in [-0.2, -0.15) is 5.26 Å². The second kappa shape index (κ2) is 17.7. The molecule has 2 aliphatic rings. The Morgan fingerprint density at radius 2 is 1.87 bits per heavy atom. The lowest BCUT2D eigenvalue weighted by Crippen LogP contribution is -2.43. The van der Waals surface area contributed by atoms with E-state index in [0.717, 1.165) is 42.8 Å². The highest BCUT2D eigenvalue weighted by Gasteiger charge is 2.33. The van der Waals surface area contributed by atoms with Crippen LogP contribution in [0.2, 0.25) is 5.02 Å². The number of nitrogens with one attached hydrogen (secondary N) is 3. The second-order valence-corrected chi connectivity index (χ2v) is 15.8. The molecule has 2 atom stereocenters. The molecule has 0 amide bonds. The van der Waals surface area contributed by atoms with E-state index < -0.39 is 17.1 Å². The molecule has 1 aliphatic heterocycles. The van der Waals surface area contributed by atoms with Crippen LogP contribution in [-0.4, -0.2) is 80.6 Å². The third kappa shape index (κ3) is 10.8. The fraction of sp³-hybridized carbons (Fsp3) is 0.649. The number of tetrazole rings is 1. The minimum atomic E-state index is -0.639. The van der Waals surface area contributed by atoms with Crippen molar-refractivity contribution in [1.82, 2.24) is 35.5 Å². The Hall–Kier alpha value is -3.90. The standard InChI is InChI=1S/C37H53ClN10O4/c1-24(2)34(52-35(49)36(4,5)6)48-46-33(45-47-48)21-51-20-25(3)42-26-10-12-27(13-11-26)43-32-18-28(29(38)19-40-32)30-8-7-9-31(44-30)41-23-37(22-39)14-16-50-17-15-37/h7-9,18-19,24-27,34,42H,10-17,20-21,23H2,1-6H3,(H,40,43)(H,41,44)/t25-,26?,27?,34-/m0/s1. The molecule has 14 nitrogen and oxygen atoms in total. The van der Waals surface area contributed by atoms with Crippen LogP contribution in [0.15, 0.2) is 30.5 Å². The number of anilines is 2. The average molecular weight is 737 g/mol. The highest BCUT2D eigenvalue weighted by atomic mass is 35.5. The summed E-state index contributed by atoms with van der Waals surface area (Å²) in [5.41, 5.74) is 0.462. The second-order valence-electron chi connectivity index (χ2n) is 15.4. The van der Waals surface area contributed by atoms with Crippen LogP contribution < -0.4 is 16.0 Å². The summed E-state index contributed by atoms with van der Waals surface area (Å²) in [6.45, 7) is 13.9. The van der Waals surface area contributed by atoms with E-state index in [1.54, 1.807) is 6.20 Å². The highest BCUT2D eigenvalue weighted by Crippen LogP contribution is 2.32. The predicted octanol–water partition coefficient (Wildman–Crippen LogP) is 6.18. The fourth-order valence-electron chi connectivity index (χ4n) is 6.30. The SMILES string of the molecule is CC(C)[C@H](OC(=O)C(C)(C)C)n1nnc(COC[C@H](C)NC2CCC(Nc3cc(-c4cccc(NCC5(C#N)CCOCC5)n4)c(Cl)cn3)CC2)n1. The predicted molar refractivity (Wildman–Crippen MR) is 198 cm³/mol. The Morgan fingerprint density at radius 3 is 2.56 bits per heavy atom. The summed E-state index contributed by atoms with van der Waals surface area (Å²) in [7, 11) is 0. The number of rotatable bonds is 15. The van der Waals surface area contributed by atoms with Gasteiger partial charge in [-0.3, -0.25) is 4.79 Å². The van der Waals surface area contributed by atoms with Gasteiger partial charge in [-0.05, 0) is 89.6 Å². The summed E-state index contributed by atoms with van der Waals surface area (Å²) in [6.07, 6.45) is 6.48. The quantitative estimate of drug-likeness (QED) is 0.151. The molecule has 282 valence electrons. The zero-order valence-electron chi connectivity index (χ0n) is 31.2. The van der Waals surface area contributed by atoms with Crippen LogP contribution in [0.5, 0.6) is 0 Å². The molecule has 4 heterocycles. The van der Waals surface area contributed by atoms with E-state index in [1.807, 2.05) is 58.9 Å².